The molecule has 0 spiro atoms. The van der Waals surface area contributed by atoms with Gasteiger partial charge in [0.25, 0.3) is 0 Å². The highest BCUT2D eigenvalue weighted by Gasteiger charge is 2.40. The van der Waals surface area contributed by atoms with Crippen LogP contribution in [0.5, 0.6) is 0 Å². The molecular formula is C25H17ClF4N2OS. The molecule has 1 atom stereocenters. The summed E-state index contributed by atoms with van der Waals surface area (Å²) in [4.78, 5) is 15.2. The number of carbonyl (C=O) groups is 1. The zero-order chi connectivity index (χ0) is 24.6. The molecule has 1 aliphatic rings. The Morgan fingerprint density at radius 1 is 1.00 bits per heavy atom. The second kappa shape index (κ2) is 9.19. The minimum absolute atomic E-state index is 0.0619. The van der Waals surface area contributed by atoms with E-state index in [-0.39, 0.29) is 21.8 Å². The van der Waals surface area contributed by atoms with Crippen molar-refractivity contribution in [2.75, 3.05) is 4.90 Å². The highest BCUT2D eigenvalue weighted by Crippen LogP contribution is 2.41. The number of halogens is 5. The third-order valence-corrected chi connectivity index (χ3v) is 6.05. The van der Waals surface area contributed by atoms with Crippen LogP contribution in [0.3, 0.4) is 0 Å². The van der Waals surface area contributed by atoms with Gasteiger partial charge in [0.1, 0.15) is 5.82 Å². The minimum Gasteiger partial charge on any atom is -0.351 e. The number of anilines is 1. The van der Waals surface area contributed by atoms with Gasteiger partial charge in [0, 0.05) is 27.5 Å². The van der Waals surface area contributed by atoms with E-state index in [4.69, 9.17) is 23.8 Å². The Kier molecular flexibility index (Phi) is 6.47. The highest BCUT2D eigenvalue weighted by molar-refractivity contribution is 7.80. The van der Waals surface area contributed by atoms with Crippen molar-refractivity contribution >= 4 is 40.4 Å². The van der Waals surface area contributed by atoms with E-state index < -0.39 is 29.4 Å². The number of rotatable bonds is 4. The predicted octanol–water partition coefficient (Wildman–Crippen LogP) is 7.09. The lowest BCUT2D eigenvalue weighted by atomic mass is 9.87. The first-order chi connectivity index (χ1) is 16.1. The molecule has 0 aromatic heterocycles. The number of nitrogens with zero attached hydrogens (tertiary/aromatic N) is 1. The molecule has 3 aromatic rings. The second-order valence-corrected chi connectivity index (χ2v) is 8.44. The van der Waals surface area contributed by atoms with Crippen LogP contribution in [0, 0.1) is 5.82 Å². The highest BCUT2D eigenvalue weighted by atomic mass is 35.5. The van der Waals surface area contributed by atoms with Crippen molar-refractivity contribution in [2.24, 2.45) is 0 Å². The van der Waals surface area contributed by atoms with Gasteiger partial charge in [0.2, 0.25) is 0 Å². The van der Waals surface area contributed by atoms with E-state index in [1.54, 1.807) is 36.1 Å². The molecule has 0 saturated carbocycles. The Bertz CT molecular complexity index is 1290. The minimum atomic E-state index is -4.65. The molecule has 1 aliphatic heterocycles. The van der Waals surface area contributed by atoms with Gasteiger partial charge in [-0.25, -0.2) is 4.39 Å². The number of carbonyl (C=O) groups excluding carboxylic acids is 1. The van der Waals surface area contributed by atoms with E-state index in [9.17, 15) is 22.4 Å². The van der Waals surface area contributed by atoms with Crippen LogP contribution in [0.25, 0.3) is 0 Å². The van der Waals surface area contributed by atoms with Crippen molar-refractivity contribution in [1.82, 2.24) is 5.32 Å². The summed E-state index contributed by atoms with van der Waals surface area (Å²) < 4.78 is 55.0. The monoisotopic (exact) mass is 504 g/mol. The van der Waals surface area contributed by atoms with Gasteiger partial charge in [-0.2, -0.15) is 13.2 Å². The molecular weight excluding hydrogens is 488 g/mol. The van der Waals surface area contributed by atoms with E-state index >= 15 is 0 Å². The molecule has 3 nitrogen and oxygen atoms in total. The molecule has 1 N–H and O–H groups in total. The first-order valence-corrected chi connectivity index (χ1v) is 10.9. The molecule has 34 heavy (non-hydrogen) atoms. The Balaban J connectivity index is 1.93. The van der Waals surface area contributed by atoms with Gasteiger partial charge in [0.05, 0.1) is 11.6 Å². The quantitative estimate of drug-likeness (QED) is 0.233. The lowest BCUT2D eigenvalue weighted by Gasteiger charge is -2.38. The molecule has 1 heterocycles. The molecule has 9 heteroatoms. The fraction of sp³-hybridized carbons (Fsp3) is 0.120. The van der Waals surface area contributed by atoms with E-state index in [1.165, 1.54) is 30.3 Å². The standard InChI is InChI=1S/C25H17ClF4N2OS/c1-14-21(23(33)15-6-10-17(27)11-7-15)22(19-4-2-3-5-20(19)25(28,29)30)31-24(34)32(14)18-12-8-16(26)9-13-18/h2-13,22H,1H3,(H,31,34)/t22-/m1/s1. The average Bonchev–Trinajstić information content (AvgIpc) is 2.79. The summed E-state index contributed by atoms with van der Waals surface area (Å²) in [5.74, 6) is -1.08. The largest absolute Gasteiger partial charge is 0.416 e. The fourth-order valence-electron chi connectivity index (χ4n) is 3.94. The maximum atomic E-state index is 13.8. The molecule has 0 unspecified atom stereocenters. The van der Waals surface area contributed by atoms with Crippen molar-refractivity contribution in [3.05, 3.63) is 112 Å². The first-order valence-electron chi connectivity index (χ1n) is 10.1. The number of thiocarbonyl (C=S) groups is 1. The molecule has 0 saturated heterocycles. The molecule has 3 aromatic carbocycles. The third kappa shape index (κ3) is 4.56. The van der Waals surface area contributed by atoms with Crippen molar-refractivity contribution in [3.8, 4) is 0 Å². The van der Waals surface area contributed by atoms with Gasteiger partial charge < -0.3 is 5.32 Å². The summed E-state index contributed by atoms with van der Waals surface area (Å²) >= 11 is 11.5. The summed E-state index contributed by atoms with van der Waals surface area (Å²) in [6.07, 6.45) is -4.65. The molecule has 0 amide bonds. The van der Waals surface area contributed by atoms with Gasteiger partial charge in [-0.1, -0.05) is 29.8 Å². The Hall–Kier alpha value is -3.23. The lowest BCUT2D eigenvalue weighted by Crippen LogP contribution is -2.48. The first kappa shape index (κ1) is 23.9. The topological polar surface area (TPSA) is 32.3 Å². The third-order valence-electron chi connectivity index (χ3n) is 5.50. The summed E-state index contributed by atoms with van der Waals surface area (Å²) in [6, 6.07) is 15.3. The maximum Gasteiger partial charge on any atom is 0.416 e. The maximum absolute atomic E-state index is 13.8. The molecule has 0 fully saturated rings. The van der Waals surface area contributed by atoms with Crippen LogP contribution < -0.4 is 10.2 Å². The zero-order valence-electron chi connectivity index (χ0n) is 17.7. The van der Waals surface area contributed by atoms with Gasteiger partial charge >= 0.3 is 6.18 Å². The van der Waals surface area contributed by atoms with Crippen LogP contribution in [0.4, 0.5) is 23.2 Å². The van der Waals surface area contributed by atoms with Crippen LogP contribution in [0.2, 0.25) is 5.02 Å². The molecule has 0 bridgehead atoms. The molecule has 0 aliphatic carbocycles. The van der Waals surface area contributed by atoms with Crippen LogP contribution in [-0.4, -0.2) is 10.9 Å². The van der Waals surface area contributed by atoms with E-state index in [2.05, 4.69) is 5.32 Å². The van der Waals surface area contributed by atoms with Crippen molar-refractivity contribution in [3.63, 3.8) is 0 Å². The predicted molar refractivity (Wildman–Crippen MR) is 127 cm³/mol. The van der Waals surface area contributed by atoms with Gasteiger partial charge in [-0.05, 0) is 79.3 Å². The van der Waals surface area contributed by atoms with Crippen LogP contribution in [0.15, 0.2) is 84.1 Å². The van der Waals surface area contributed by atoms with E-state index in [1.807, 2.05) is 0 Å². The van der Waals surface area contributed by atoms with Crippen LogP contribution >= 0.6 is 23.8 Å². The van der Waals surface area contributed by atoms with E-state index in [0.29, 0.717) is 16.4 Å². The van der Waals surface area contributed by atoms with Crippen molar-refractivity contribution < 1.29 is 22.4 Å². The van der Waals surface area contributed by atoms with Gasteiger partial charge in [-0.15, -0.1) is 0 Å². The van der Waals surface area contributed by atoms with Crippen LogP contribution in [-0.2, 0) is 6.18 Å². The smallest absolute Gasteiger partial charge is 0.351 e. The van der Waals surface area contributed by atoms with Gasteiger partial charge in [-0.3, -0.25) is 9.69 Å². The molecule has 4 rings (SSSR count). The number of alkyl halides is 3. The normalized spacial score (nSPS) is 16.5. The number of ketones is 1. The summed E-state index contributed by atoms with van der Waals surface area (Å²) in [5.41, 5.74) is 0.0990. The second-order valence-electron chi connectivity index (χ2n) is 7.61. The average molecular weight is 505 g/mol. The number of Topliss-reactive ketones (excluding diaryl/α,β-unsaturated/α-hetero) is 1. The lowest BCUT2D eigenvalue weighted by molar-refractivity contribution is -0.138. The SMILES string of the molecule is CC1=C(C(=O)c2ccc(F)cc2)[C@@H](c2ccccc2C(F)(F)F)NC(=S)N1c1ccc(Cl)cc1. The number of hydrogen-bond acceptors (Lipinski definition) is 2. The molecule has 0 radical (unpaired) electrons. The van der Waals surface area contributed by atoms with Gasteiger partial charge in [0.15, 0.2) is 10.9 Å². The summed E-state index contributed by atoms with van der Waals surface area (Å²) in [7, 11) is 0. The van der Waals surface area contributed by atoms with E-state index in [0.717, 1.165) is 18.2 Å². The Labute approximate surface area is 203 Å². The number of benzene rings is 3. The van der Waals surface area contributed by atoms with Crippen molar-refractivity contribution in [1.29, 1.82) is 0 Å². The number of nitrogens with one attached hydrogen (secondary N) is 1. The fourth-order valence-corrected chi connectivity index (χ4v) is 4.42. The summed E-state index contributed by atoms with van der Waals surface area (Å²) in [6.45, 7) is 1.61. The number of hydrogen-bond donors (Lipinski definition) is 1. The Morgan fingerprint density at radius 2 is 1.62 bits per heavy atom. The zero-order valence-corrected chi connectivity index (χ0v) is 19.2. The number of allylic oxidation sites excluding steroid dienone is 1. The summed E-state index contributed by atoms with van der Waals surface area (Å²) in [5, 5.41) is 3.53. The van der Waals surface area contributed by atoms with Crippen LogP contribution in [0.1, 0.15) is 34.5 Å². The van der Waals surface area contributed by atoms with Crippen molar-refractivity contribution in [2.45, 2.75) is 19.1 Å². The Morgan fingerprint density at radius 3 is 2.24 bits per heavy atom. The molecule has 174 valence electrons.